The van der Waals surface area contributed by atoms with E-state index >= 15 is 0 Å². The number of carbonyl (C=O) groups excluding carboxylic acids is 2. The average molecular weight is 264 g/mol. The first kappa shape index (κ1) is 14.1. The maximum absolute atomic E-state index is 12.5. The summed E-state index contributed by atoms with van der Waals surface area (Å²) in [6.07, 6.45) is 7.36. The Balaban J connectivity index is 2.25. The van der Waals surface area contributed by atoms with Crippen LogP contribution in [-0.4, -0.2) is 34.8 Å². The summed E-state index contributed by atoms with van der Waals surface area (Å²) in [5, 5.41) is 2.88. The van der Waals surface area contributed by atoms with Gasteiger partial charge >= 0.3 is 0 Å². The standard InChI is InChI=1S/C15H24N2O2/c1-4-10-17-12(11-8-6-5-7-9-11)13(18)16-15(2,3)14(17)19/h4,11-12H,1,5-10H2,2-3H3,(H,16,18). The maximum atomic E-state index is 12.5. The predicted octanol–water partition coefficient (Wildman–Crippen LogP) is 1.86. The van der Waals surface area contributed by atoms with Crippen LogP contribution in [0.5, 0.6) is 0 Å². The fourth-order valence-electron chi connectivity index (χ4n) is 3.32. The topological polar surface area (TPSA) is 49.4 Å². The van der Waals surface area contributed by atoms with Crippen LogP contribution in [0.15, 0.2) is 12.7 Å². The first-order valence-electron chi connectivity index (χ1n) is 7.21. The summed E-state index contributed by atoms with van der Waals surface area (Å²) < 4.78 is 0. The van der Waals surface area contributed by atoms with Crippen molar-refractivity contribution >= 4 is 11.8 Å². The van der Waals surface area contributed by atoms with Gasteiger partial charge in [0.15, 0.2) is 0 Å². The predicted molar refractivity (Wildman–Crippen MR) is 74.5 cm³/mol. The summed E-state index contributed by atoms with van der Waals surface area (Å²) in [5.41, 5.74) is -0.800. The van der Waals surface area contributed by atoms with Gasteiger partial charge in [-0.2, -0.15) is 0 Å². The minimum atomic E-state index is -0.800. The molecule has 0 aromatic heterocycles. The van der Waals surface area contributed by atoms with Gasteiger partial charge in [0.1, 0.15) is 11.6 Å². The molecule has 2 rings (SSSR count). The number of carbonyl (C=O) groups is 2. The maximum Gasteiger partial charge on any atom is 0.248 e. The molecule has 0 aromatic rings. The molecule has 19 heavy (non-hydrogen) atoms. The number of nitrogens with zero attached hydrogens (tertiary/aromatic N) is 1. The summed E-state index contributed by atoms with van der Waals surface area (Å²) >= 11 is 0. The van der Waals surface area contributed by atoms with Gasteiger partial charge in [-0.1, -0.05) is 25.3 Å². The molecular formula is C15H24N2O2. The number of amides is 2. The number of rotatable bonds is 3. The second-order valence-corrected chi connectivity index (χ2v) is 6.20. The lowest BCUT2D eigenvalue weighted by Gasteiger charge is -2.46. The van der Waals surface area contributed by atoms with Crippen molar-refractivity contribution in [2.24, 2.45) is 5.92 Å². The Hall–Kier alpha value is -1.32. The molecule has 4 heteroatoms. The molecule has 1 saturated carbocycles. The highest BCUT2D eigenvalue weighted by Crippen LogP contribution is 2.32. The molecule has 106 valence electrons. The van der Waals surface area contributed by atoms with E-state index in [2.05, 4.69) is 11.9 Å². The van der Waals surface area contributed by atoms with E-state index < -0.39 is 5.54 Å². The molecule has 2 amide bonds. The summed E-state index contributed by atoms with van der Waals surface area (Å²) in [7, 11) is 0. The second-order valence-electron chi connectivity index (χ2n) is 6.20. The van der Waals surface area contributed by atoms with Crippen LogP contribution < -0.4 is 5.32 Å². The SMILES string of the molecule is C=CCN1C(=O)C(C)(C)NC(=O)C1C1CCCCC1. The Kier molecular flexibility index (Phi) is 3.97. The molecule has 0 bridgehead atoms. The summed E-state index contributed by atoms with van der Waals surface area (Å²) in [4.78, 5) is 26.6. The molecule has 1 aliphatic carbocycles. The van der Waals surface area contributed by atoms with Crippen LogP contribution in [0, 0.1) is 5.92 Å². The van der Waals surface area contributed by atoms with E-state index in [0.717, 1.165) is 25.7 Å². The van der Waals surface area contributed by atoms with Crippen molar-refractivity contribution in [2.45, 2.75) is 57.5 Å². The smallest absolute Gasteiger partial charge is 0.248 e. The second kappa shape index (κ2) is 5.35. The summed E-state index contributed by atoms with van der Waals surface area (Å²) in [6.45, 7) is 7.70. The van der Waals surface area contributed by atoms with Gasteiger partial charge in [0.05, 0.1) is 0 Å². The molecule has 1 unspecified atom stereocenters. The number of hydrogen-bond acceptors (Lipinski definition) is 2. The molecule has 0 aromatic carbocycles. The van der Waals surface area contributed by atoms with Gasteiger partial charge in [-0.15, -0.1) is 6.58 Å². The number of piperazine rings is 1. The van der Waals surface area contributed by atoms with E-state index in [4.69, 9.17) is 0 Å². The van der Waals surface area contributed by atoms with Crippen molar-refractivity contribution in [3.63, 3.8) is 0 Å². The lowest BCUT2D eigenvalue weighted by atomic mass is 9.80. The largest absolute Gasteiger partial charge is 0.340 e. The highest BCUT2D eigenvalue weighted by atomic mass is 16.2. The first-order valence-corrected chi connectivity index (χ1v) is 7.21. The van der Waals surface area contributed by atoms with Crippen molar-refractivity contribution < 1.29 is 9.59 Å². The highest BCUT2D eigenvalue weighted by Gasteiger charge is 2.47. The fourth-order valence-corrected chi connectivity index (χ4v) is 3.32. The third-order valence-electron chi connectivity index (χ3n) is 4.26. The van der Waals surface area contributed by atoms with Gasteiger partial charge in [0, 0.05) is 6.54 Å². The molecule has 4 nitrogen and oxygen atoms in total. The Morgan fingerprint density at radius 1 is 1.32 bits per heavy atom. The van der Waals surface area contributed by atoms with Gasteiger partial charge in [-0.25, -0.2) is 0 Å². The van der Waals surface area contributed by atoms with E-state index in [1.807, 2.05) is 0 Å². The average Bonchev–Trinajstić information content (AvgIpc) is 2.36. The molecule has 0 spiro atoms. The molecule has 1 saturated heterocycles. The third-order valence-corrected chi connectivity index (χ3v) is 4.26. The van der Waals surface area contributed by atoms with Crippen molar-refractivity contribution in [1.82, 2.24) is 10.2 Å². The Morgan fingerprint density at radius 3 is 2.53 bits per heavy atom. The molecule has 1 aliphatic heterocycles. The number of nitrogens with one attached hydrogen (secondary N) is 1. The van der Waals surface area contributed by atoms with Crippen LogP contribution in [0.1, 0.15) is 46.0 Å². The zero-order valence-electron chi connectivity index (χ0n) is 11.9. The minimum Gasteiger partial charge on any atom is -0.340 e. The fraction of sp³-hybridized carbons (Fsp3) is 0.733. The van der Waals surface area contributed by atoms with Crippen LogP contribution in [0.3, 0.4) is 0 Å². The van der Waals surface area contributed by atoms with E-state index in [0.29, 0.717) is 12.5 Å². The van der Waals surface area contributed by atoms with Gasteiger partial charge < -0.3 is 10.2 Å². The highest BCUT2D eigenvalue weighted by molar-refractivity contribution is 5.99. The van der Waals surface area contributed by atoms with E-state index in [1.165, 1.54) is 6.42 Å². The molecule has 0 radical (unpaired) electrons. The van der Waals surface area contributed by atoms with Crippen LogP contribution in [0.4, 0.5) is 0 Å². The zero-order valence-corrected chi connectivity index (χ0v) is 11.9. The van der Waals surface area contributed by atoms with Crippen molar-refractivity contribution in [3.8, 4) is 0 Å². The third kappa shape index (κ3) is 2.67. The molecule has 2 aliphatic rings. The van der Waals surface area contributed by atoms with Crippen LogP contribution in [0.2, 0.25) is 0 Å². The van der Waals surface area contributed by atoms with Gasteiger partial charge in [0.25, 0.3) is 0 Å². The molecule has 2 fully saturated rings. The molecule has 1 atom stereocenters. The zero-order chi connectivity index (χ0) is 14.0. The van der Waals surface area contributed by atoms with Crippen molar-refractivity contribution in [1.29, 1.82) is 0 Å². The van der Waals surface area contributed by atoms with Gasteiger partial charge in [-0.05, 0) is 32.6 Å². The van der Waals surface area contributed by atoms with Crippen LogP contribution >= 0.6 is 0 Å². The van der Waals surface area contributed by atoms with Gasteiger partial charge in [-0.3, -0.25) is 9.59 Å². The minimum absolute atomic E-state index is 0.00153. The van der Waals surface area contributed by atoms with Crippen LogP contribution in [-0.2, 0) is 9.59 Å². The van der Waals surface area contributed by atoms with Crippen molar-refractivity contribution in [2.75, 3.05) is 6.54 Å². The van der Waals surface area contributed by atoms with Crippen molar-refractivity contribution in [3.05, 3.63) is 12.7 Å². The lowest BCUT2D eigenvalue weighted by molar-refractivity contribution is -0.155. The van der Waals surface area contributed by atoms with Crippen LogP contribution in [0.25, 0.3) is 0 Å². The van der Waals surface area contributed by atoms with E-state index in [-0.39, 0.29) is 17.9 Å². The quantitative estimate of drug-likeness (QED) is 0.791. The molecular weight excluding hydrogens is 240 g/mol. The first-order chi connectivity index (χ1) is 8.97. The van der Waals surface area contributed by atoms with Gasteiger partial charge in [0.2, 0.25) is 11.8 Å². The molecule has 1 heterocycles. The lowest BCUT2D eigenvalue weighted by Crippen LogP contribution is -2.69. The van der Waals surface area contributed by atoms with E-state index in [9.17, 15) is 9.59 Å². The molecule has 1 N–H and O–H groups in total. The summed E-state index contributed by atoms with van der Waals surface area (Å²) in [5.74, 6) is 0.301. The Morgan fingerprint density at radius 2 is 1.95 bits per heavy atom. The number of hydrogen-bond donors (Lipinski definition) is 1. The normalized spacial score (nSPS) is 28.1. The van der Waals surface area contributed by atoms with E-state index in [1.54, 1.807) is 24.8 Å². The Bertz CT molecular complexity index is 384. The summed E-state index contributed by atoms with van der Waals surface area (Å²) in [6, 6.07) is -0.307. The Labute approximate surface area is 115 Å². The monoisotopic (exact) mass is 264 g/mol.